The van der Waals surface area contributed by atoms with Crippen LogP contribution in [0.1, 0.15) is 65.7 Å². The van der Waals surface area contributed by atoms with Crippen LogP contribution in [0.25, 0.3) is 0 Å². The number of carbonyl (C=O) groups excluding carboxylic acids is 4. The predicted molar refractivity (Wildman–Crippen MR) is 161 cm³/mol. The summed E-state index contributed by atoms with van der Waals surface area (Å²) in [5, 5.41) is 46.1. The molecule has 0 saturated carbocycles. The van der Waals surface area contributed by atoms with E-state index in [1.807, 2.05) is 13.8 Å². The zero-order valence-electron chi connectivity index (χ0n) is 26.5. The minimum Gasteiger partial charge on any atom is -0.481 e. The molecule has 20 nitrogen and oxygen atoms in total. The van der Waals surface area contributed by atoms with Crippen LogP contribution >= 0.6 is 0 Å². The van der Waals surface area contributed by atoms with Gasteiger partial charge in [-0.15, -0.1) is 0 Å². The van der Waals surface area contributed by atoms with Gasteiger partial charge in [-0.05, 0) is 31.6 Å². The molecule has 1 aliphatic rings. The van der Waals surface area contributed by atoms with Gasteiger partial charge in [-0.1, -0.05) is 13.8 Å². The molecule has 0 radical (unpaired) electrons. The number of amides is 4. The molecule has 3 atom stereocenters. The first kappa shape index (κ1) is 42.0. The maximum absolute atomic E-state index is 13.5. The van der Waals surface area contributed by atoms with Crippen LogP contribution < -0.4 is 22.5 Å². The van der Waals surface area contributed by atoms with E-state index >= 15 is 0 Å². The first-order valence-corrected chi connectivity index (χ1v) is 14.5. The molecule has 20 heteroatoms. The number of aliphatic imine (C=N–C) groups is 1. The Balaban J connectivity index is 0.00000137. The lowest BCUT2D eigenvalue weighted by atomic mass is 9.96. The Morgan fingerprint density at radius 2 is 1.53 bits per heavy atom. The molecule has 0 spiro atoms. The van der Waals surface area contributed by atoms with Gasteiger partial charge in [0.05, 0.1) is 19.3 Å². The van der Waals surface area contributed by atoms with Gasteiger partial charge in [0.15, 0.2) is 11.6 Å². The minimum absolute atomic E-state index is 0.0786. The van der Waals surface area contributed by atoms with Crippen LogP contribution in [0, 0.1) is 5.92 Å². The molecule has 12 N–H and O–H groups in total. The third-order valence-electron chi connectivity index (χ3n) is 6.63. The molecular formula is C27H45N7O13. The lowest BCUT2D eigenvalue weighted by molar-refractivity contribution is -0.170. The van der Waals surface area contributed by atoms with Gasteiger partial charge in [0, 0.05) is 26.6 Å². The third kappa shape index (κ3) is 15.2. The molecule has 266 valence electrons. The number of rotatable bonds is 18. The summed E-state index contributed by atoms with van der Waals surface area (Å²) in [7, 11) is 0. The molecule has 1 heterocycles. The summed E-state index contributed by atoms with van der Waals surface area (Å²) in [4.78, 5) is 98.7. The Morgan fingerprint density at radius 3 is 1.94 bits per heavy atom. The quantitative estimate of drug-likeness (QED) is 0.0400. The molecule has 4 amide bonds. The highest BCUT2D eigenvalue weighted by molar-refractivity contribution is 5.94. The van der Waals surface area contributed by atoms with Gasteiger partial charge in [0.25, 0.3) is 0 Å². The van der Waals surface area contributed by atoms with E-state index < -0.39 is 90.5 Å². The number of carboxylic acid groups (broad SMARTS) is 4. The summed E-state index contributed by atoms with van der Waals surface area (Å²) < 4.78 is 0. The summed E-state index contributed by atoms with van der Waals surface area (Å²) in [6.45, 7) is 5.53. The van der Waals surface area contributed by atoms with E-state index in [4.69, 9.17) is 37.6 Å². The maximum Gasteiger partial charge on any atom is 0.336 e. The number of likely N-dealkylation sites (tertiary alicyclic amines) is 1. The van der Waals surface area contributed by atoms with Gasteiger partial charge in [-0.25, -0.2) is 9.59 Å². The molecule has 47 heavy (non-hydrogen) atoms. The molecule has 0 unspecified atom stereocenters. The second kappa shape index (κ2) is 19.5. The van der Waals surface area contributed by atoms with Gasteiger partial charge < -0.3 is 57.9 Å². The Hall–Kier alpha value is -5.01. The maximum atomic E-state index is 13.5. The van der Waals surface area contributed by atoms with Crippen molar-refractivity contribution in [3.05, 3.63) is 0 Å². The largest absolute Gasteiger partial charge is 0.481 e. The third-order valence-corrected chi connectivity index (χ3v) is 6.63. The number of carboxylic acids is 4. The van der Waals surface area contributed by atoms with Crippen molar-refractivity contribution in [2.45, 2.75) is 89.4 Å². The highest BCUT2D eigenvalue weighted by Crippen LogP contribution is 2.24. The molecule has 0 aliphatic carbocycles. The molecular weight excluding hydrogens is 630 g/mol. The Kier molecular flexibility index (Phi) is 17.4. The van der Waals surface area contributed by atoms with Gasteiger partial charge >= 0.3 is 23.9 Å². The summed E-state index contributed by atoms with van der Waals surface area (Å²) in [6, 6.07) is -3.23. The van der Waals surface area contributed by atoms with E-state index in [0.29, 0.717) is 19.3 Å². The van der Waals surface area contributed by atoms with Crippen molar-refractivity contribution in [2.24, 2.45) is 28.1 Å². The predicted octanol–water partition coefficient (Wildman–Crippen LogP) is -2.90. The zero-order chi connectivity index (χ0) is 36.6. The van der Waals surface area contributed by atoms with E-state index in [1.54, 1.807) is 0 Å². The topological polar surface area (TPSA) is 347 Å². The number of nitrogens with zero attached hydrogens (tertiary/aromatic N) is 3. The van der Waals surface area contributed by atoms with E-state index in [9.17, 15) is 43.5 Å². The normalized spacial score (nSPS) is 15.3. The number of guanidine groups is 1. The van der Waals surface area contributed by atoms with Crippen molar-refractivity contribution < 1.29 is 63.9 Å². The molecule has 0 aromatic rings. The monoisotopic (exact) mass is 675 g/mol. The Morgan fingerprint density at radius 1 is 0.979 bits per heavy atom. The molecule has 1 rings (SSSR count). The summed E-state index contributed by atoms with van der Waals surface area (Å²) >= 11 is 0. The van der Waals surface area contributed by atoms with Crippen LogP contribution in [0.4, 0.5) is 0 Å². The number of hydrogen-bond acceptors (Lipinski definition) is 10. The van der Waals surface area contributed by atoms with Gasteiger partial charge in [-0.3, -0.25) is 33.8 Å². The van der Waals surface area contributed by atoms with Crippen LogP contribution in [0.3, 0.4) is 0 Å². The molecule has 1 aliphatic heterocycles. The highest BCUT2D eigenvalue weighted by atomic mass is 16.4. The molecule has 1 saturated heterocycles. The zero-order valence-corrected chi connectivity index (χ0v) is 26.5. The number of carbonyl (C=O) groups is 8. The number of aliphatic hydroxyl groups is 1. The van der Waals surface area contributed by atoms with Crippen molar-refractivity contribution >= 4 is 53.5 Å². The van der Waals surface area contributed by atoms with Crippen molar-refractivity contribution in [1.29, 1.82) is 0 Å². The van der Waals surface area contributed by atoms with Gasteiger partial charge in [0.1, 0.15) is 18.1 Å². The van der Waals surface area contributed by atoms with E-state index in [1.165, 1.54) is 11.8 Å². The van der Waals surface area contributed by atoms with Crippen molar-refractivity contribution in [1.82, 2.24) is 15.1 Å². The summed E-state index contributed by atoms with van der Waals surface area (Å²) in [5.74, 6) is -8.80. The lowest BCUT2D eigenvalue weighted by Gasteiger charge is -2.35. The van der Waals surface area contributed by atoms with E-state index in [-0.39, 0.29) is 37.9 Å². The van der Waals surface area contributed by atoms with Crippen LogP contribution in [0.2, 0.25) is 0 Å². The van der Waals surface area contributed by atoms with E-state index in [0.717, 1.165) is 4.90 Å². The smallest absolute Gasteiger partial charge is 0.336 e. The molecule has 0 aromatic heterocycles. The average molecular weight is 676 g/mol. The Bertz CT molecular complexity index is 1190. The lowest BCUT2D eigenvalue weighted by Crippen LogP contribution is -2.57. The van der Waals surface area contributed by atoms with Crippen molar-refractivity contribution in [3.63, 3.8) is 0 Å². The van der Waals surface area contributed by atoms with Crippen LogP contribution in [0.5, 0.6) is 0 Å². The highest BCUT2D eigenvalue weighted by Gasteiger charge is 2.43. The molecule has 1 fully saturated rings. The first-order valence-electron chi connectivity index (χ1n) is 14.5. The molecule has 0 bridgehead atoms. The number of nitrogens with one attached hydrogen (secondary N) is 1. The first-order chi connectivity index (χ1) is 21.6. The number of aliphatic carboxylic acids is 4. The van der Waals surface area contributed by atoms with Crippen LogP contribution in [0.15, 0.2) is 4.99 Å². The van der Waals surface area contributed by atoms with Crippen molar-refractivity contribution in [3.8, 4) is 0 Å². The summed E-state index contributed by atoms with van der Waals surface area (Å²) in [6.07, 6.45) is -1.28. The standard InChI is InChI=1S/C21H37N7O6.C6H8O7/c1-12(2)11-28(16(20(33)34)10-17(22)30)19(32)15-7-5-9-27(15)18(31)14(26-13(3)29)6-4-8-25-21(23)24;7-3(8)1-6(13,5(11)12)2-4(9)10/h12,14-16H,4-11H2,1-3H3,(H2,22,30)(H,26,29)(H,33,34)(H4,23,24,25);13H,1-2H2,(H,7,8)(H,9,10)(H,11,12)/t14-,15-,16-;/m0./s1. The SMILES string of the molecule is CC(=O)N[C@@H](CCCN=C(N)N)C(=O)N1CCC[C@H]1C(=O)N(CC(C)C)[C@@H](CC(N)=O)C(=O)O.O=C(O)CC(O)(CC(=O)O)C(=O)O. The van der Waals surface area contributed by atoms with Gasteiger partial charge in [0.2, 0.25) is 23.6 Å². The van der Waals surface area contributed by atoms with Crippen LogP contribution in [-0.4, -0.2) is 132 Å². The number of hydrogen-bond donors (Lipinski definition) is 9. The van der Waals surface area contributed by atoms with E-state index in [2.05, 4.69) is 10.3 Å². The van der Waals surface area contributed by atoms with Crippen LogP contribution in [-0.2, 0) is 38.4 Å². The molecule has 0 aromatic carbocycles. The summed E-state index contributed by atoms with van der Waals surface area (Å²) in [5.41, 5.74) is 13.1. The number of primary amides is 1. The average Bonchev–Trinajstić information content (AvgIpc) is 3.40. The van der Waals surface area contributed by atoms with Gasteiger partial charge in [-0.2, -0.15) is 0 Å². The minimum atomic E-state index is -2.74. The fourth-order valence-corrected chi connectivity index (χ4v) is 4.68. The number of nitrogens with two attached hydrogens (primary N) is 3. The fraction of sp³-hybridized carbons (Fsp3) is 0.667. The second-order valence-corrected chi connectivity index (χ2v) is 11.3. The fourth-order valence-electron chi connectivity index (χ4n) is 4.68. The van der Waals surface area contributed by atoms with Crippen molar-refractivity contribution in [2.75, 3.05) is 19.6 Å². The Labute approximate surface area is 269 Å². The second-order valence-electron chi connectivity index (χ2n) is 11.3.